The van der Waals surface area contributed by atoms with E-state index in [-0.39, 0.29) is 12.5 Å². The Morgan fingerprint density at radius 1 is 1.06 bits per heavy atom. The predicted molar refractivity (Wildman–Crippen MR) is 102 cm³/mol. The second-order valence-electron chi connectivity index (χ2n) is 8.10. The summed E-state index contributed by atoms with van der Waals surface area (Å²) in [4.78, 5) is 24.4. The topological polar surface area (TPSA) is 66.8 Å². The molecule has 31 heavy (non-hydrogen) atoms. The van der Waals surface area contributed by atoms with Crippen LogP contribution in [0.25, 0.3) is 11.1 Å². The fraction of sp³-hybridized carbons (Fsp3) is 0.364. The number of fused-ring (bicyclic) bond motifs is 3. The van der Waals surface area contributed by atoms with Crippen molar-refractivity contribution in [3.63, 3.8) is 0 Å². The van der Waals surface area contributed by atoms with Gasteiger partial charge in [-0.05, 0) is 29.2 Å². The normalized spacial score (nSPS) is 25.3. The summed E-state index contributed by atoms with van der Waals surface area (Å²) in [6, 6.07) is 15.0. The zero-order chi connectivity index (χ0) is 22.6. The number of benzene rings is 2. The fourth-order valence-corrected chi connectivity index (χ4v) is 4.43. The number of amides is 1. The molecule has 2 atom stereocenters. The van der Waals surface area contributed by atoms with Gasteiger partial charge in [-0.15, -0.1) is 0 Å². The molecular formula is C22H19F4NO4. The zero-order valence-corrected chi connectivity index (χ0v) is 16.4. The fourth-order valence-electron chi connectivity index (χ4n) is 4.43. The number of hydrogen-bond acceptors (Lipinski definition) is 3. The van der Waals surface area contributed by atoms with E-state index in [1.165, 1.54) is 0 Å². The van der Waals surface area contributed by atoms with Crippen LogP contribution in [0.3, 0.4) is 0 Å². The third-order valence-corrected chi connectivity index (χ3v) is 6.35. The quantitative estimate of drug-likeness (QED) is 0.712. The van der Waals surface area contributed by atoms with Crippen LogP contribution in [0.4, 0.5) is 22.4 Å². The van der Waals surface area contributed by atoms with E-state index in [4.69, 9.17) is 9.84 Å². The number of alkyl halides is 4. The Labute approximate surface area is 175 Å². The third kappa shape index (κ3) is 3.05. The molecule has 2 aromatic rings. The Balaban J connectivity index is 1.55. The molecule has 164 valence electrons. The van der Waals surface area contributed by atoms with Gasteiger partial charge in [-0.2, -0.15) is 13.2 Å². The number of carboxylic acid groups (broad SMARTS) is 1. The second-order valence-corrected chi connectivity index (χ2v) is 8.10. The van der Waals surface area contributed by atoms with Gasteiger partial charge in [0.25, 0.3) is 0 Å². The van der Waals surface area contributed by atoms with Crippen LogP contribution >= 0.6 is 0 Å². The molecule has 9 heteroatoms. The van der Waals surface area contributed by atoms with E-state index >= 15 is 0 Å². The summed E-state index contributed by atoms with van der Waals surface area (Å²) in [5.74, 6) is -2.59. The molecule has 1 heterocycles. The minimum atomic E-state index is -5.17. The minimum Gasteiger partial charge on any atom is -0.479 e. The Morgan fingerprint density at radius 3 is 2.03 bits per heavy atom. The molecular weight excluding hydrogens is 418 g/mol. The first-order chi connectivity index (χ1) is 14.5. The van der Waals surface area contributed by atoms with Crippen LogP contribution < -0.4 is 0 Å². The Hall–Kier alpha value is -3.10. The van der Waals surface area contributed by atoms with Gasteiger partial charge in [-0.25, -0.2) is 14.0 Å². The van der Waals surface area contributed by atoms with Crippen LogP contribution in [0, 0.1) is 5.41 Å². The summed E-state index contributed by atoms with van der Waals surface area (Å²) < 4.78 is 60.8. The molecule has 0 aromatic heterocycles. The molecule has 0 bridgehead atoms. The molecule has 1 amide bonds. The molecule has 0 radical (unpaired) electrons. The number of halogens is 4. The molecule has 4 rings (SSSR count). The summed E-state index contributed by atoms with van der Waals surface area (Å²) in [6.45, 7) is -2.08. The first kappa shape index (κ1) is 21.1. The molecule has 1 N–H and O–H groups in total. The molecule has 1 fully saturated rings. The smallest absolute Gasteiger partial charge is 0.409 e. The first-order valence-corrected chi connectivity index (χ1v) is 9.58. The number of aliphatic carboxylic acids is 1. The highest BCUT2D eigenvalue weighted by atomic mass is 19.4. The lowest BCUT2D eigenvalue weighted by atomic mass is 9.76. The lowest BCUT2D eigenvalue weighted by Gasteiger charge is -2.34. The number of carboxylic acids is 1. The summed E-state index contributed by atoms with van der Waals surface area (Å²) in [5, 5.41) is 9.14. The average Bonchev–Trinajstić information content (AvgIpc) is 3.20. The first-order valence-electron chi connectivity index (χ1n) is 9.58. The van der Waals surface area contributed by atoms with E-state index in [0.29, 0.717) is 11.8 Å². The van der Waals surface area contributed by atoms with Crippen molar-refractivity contribution < 1.29 is 37.0 Å². The lowest BCUT2D eigenvalue weighted by Crippen LogP contribution is -2.56. The summed E-state index contributed by atoms with van der Waals surface area (Å²) in [6.07, 6.45) is -6.35. The molecule has 0 spiro atoms. The maximum atomic E-state index is 15.0. The third-order valence-electron chi connectivity index (χ3n) is 6.35. The van der Waals surface area contributed by atoms with Gasteiger partial charge >= 0.3 is 18.2 Å². The highest BCUT2D eigenvalue weighted by Gasteiger charge is 2.73. The predicted octanol–water partition coefficient (Wildman–Crippen LogP) is 4.61. The van der Waals surface area contributed by atoms with Gasteiger partial charge in [0.1, 0.15) is 12.0 Å². The van der Waals surface area contributed by atoms with Crippen molar-refractivity contribution >= 4 is 12.1 Å². The molecule has 1 saturated heterocycles. The van der Waals surface area contributed by atoms with E-state index in [1.54, 1.807) is 0 Å². The van der Waals surface area contributed by atoms with Gasteiger partial charge < -0.3 is 14.7 Å². The maximum absolute atomic E-state index is 15.0. The SMILES string of the molecule is CC1(C(F)(F)F)CN(C(=O)OCC2c3ccccc3-c3ccccc32)CC1(F)C(=O)O. The molecule has 0 saturated carbocycles. The maximum Gasteiger partial charge on any atom is 0.409 e. The number of ether oxygens (including phenoxy) is 1. The van der Waals surface area contributed by atoms with Crippen LogP contribution in [0.1, 0.15) is 24.0 Å². The number of hydrogen-bond donors (Lipinski definition) is 1. The average molecular weight is 437 g/mol. The Bertz CT molecular complexity index is 1010. The standard InChI is InChI=1S/C22H19F4NO4/c1-20(22(24,25)26)11-27(12-21(20,23)18(28)29)19(30)31-10-17-15-8-4-2-6-13(15)14-7-3-5-9-16(14)17/h2-9,17H,10-12H2,1H3,(H,28,29). The molecule has 5 nitrogen and oxygen atoms in total. The van der Waals surface area contributed by atoms with Gasteiger partial charge in [-0.3, -0.25) is 0 Å². The van der Waals surface area contributed by atoms with Gasteiger partial charge in [0.2, 0.25) is 5.67 Å². The van der Waals surface area contributed by atoms with E-state index in [9.17, 15) is 27.2 Å². The second kappa shape index (κ2) is 6.96. The molecule has 2 unspecified atom stereocenters. The monoisotopic (exact) mass is 437 g/mol. The van der Waals surface area contributed by atoms with E-state index in [0.717, 1.165) is 22.3 Å². The van der Waals surface area contributed by atoms with Gasteiger partial charge in [-0.1, -0.05) is 48.5 Å². The van der Waals surface area contributed by atoms with Crippen molar-refractivity contribution in [1.29, 1.82) is 0 Å². The van der Waals surface area contributed by atoms with Crippen LogP contribution in [0.2, 0.25) is 0 Å². The molecule has 1 aliphatic heterocycles. The largest absolute Gasteiger partial charge is 0.479 e. The van der Waals surface area contributed by atoms with E-state index < -0.39 is 42.4 Å². The van der Waals surface area contributed by atoms with Gasteiger partial charge in [0.15, 0.2) is 0 Å². The van der Waals surface area contributed by atoms with Crippen LogP contribution in [-0.2, 0) is 9.53 Å². The minimum absolute atomic E-state index is 0.168. The highest BCUT2D eigenvalue weighted by Crippen LogP contribution is 2.53. The van der Waals surface area contributed by atoms with Crippen molar-refractivity contribution in [2.24, 2.45) is 5.41 Å². The van der Waals surface area contributed by atoms with Crippen LogP contribution in [0.5, 0.6) is 0 Å². The van der Waals surface area contributed by atoms with Crippen LogP contribution in [0.15, 0.2) is 48.5 Å². The number of nitrogens with zero attached hydrogens (tertiary/aromatic N) is 1. The molecule has 2 aliphatic rings. The van der Waals surface area contributed by atoms with Crippen molar-refractivity contribution in [2.45, 2.75) is 24.7 Å². The molecule has 2 aromatic carbocycles. The summed E-state index contributed by atoms with van der Waals surface area (Å²) in [7, 11) is 0. The van der Waals surface area contributed by atoms with Crippen LogP contribution in [-0.4, -0.2) is 53.6 Å². The number of carbonyl (C=O) groups excluding carboxylic acids is 1. The van der Waals surface area contributed by atoms with Crippen molar-refractivity contribution in [3.8, 4) is 11.1 Å². The molecule has 1 aliphatic carbocycles. The van der Waals surface area contributed by atoms with Crippen molar-refractivity contribution in [1.82, 2.24) is 4.90 Å². The number of carbonyl (C=O) groups is 2. The highest BCUT2D eigenvalue weighted by molar-refractivity contribution is 5.82. The Morgan fingerprint density at radius 2 is 1.58 bits per heavy atom. The number of likely N-dealkylation sites (tertiary alicyclic amines) is 1. The van der Waals surface area contributed by atoms with E-state index in [1.807, 2.05) is 48.5 Å². The van der Waals surface area contributed by atoms with E-state index in [2.05, 4.69) is 0 Å². The lowest BCUT2D eigenvalue weighted by molar-refractivity contribution is -0.248. The van der Waals surface area contributed by atoms with Gasteiger partial charge in [0, 0.05) is 12.5 Å². The van der Waals surface area contributed by atoms with Gasteiger partial charge in [0.05, 0.1) is 6.54 Å². The van der Waals surface area contributed by atoms with Crippen molar-refractivity contribution in [3.05, 3.63) is 59.7 Å². The van der Waals surface area contributed by atoms with Crippen molar-refractivity contribution in [2.75, 3.05) is 19.7 Å². The number of rotatable bonds is 3. The summed E-state index contributed by atoms with van der Waals surface area (Å²) >= 11 is 0. The summed E-state index contributed by atoms with van der Waals surface area (Å²) in [5.41, 5.74) is -3.17. The zero-order valence-electron chi connectivity index (χ0n) is 16.4. The Kier molecular flexibility index (Phi) is 4.75.